The van der Waals surface area contributed by atoms with E-state index in [4.69, 9.17) is 14.9 Å². The monoisotopic (exact) mass is 383 g/mol. The van der Waals surface area contributed by atoms with Gasteiger partial charge in [0.25, 0.3) is 0 Å². The molecule has 0 fully saturated rings. The van der Waals surface area contributed by atoms with Gasteiger partial charge in [0.2, 0.25) is 11.1 Å². The van der Waals surface area contributed by atoms with E-state index >= 15 is 0 Å². The first-order valence-electron chi connectivity index (χ1n) is 5.63. The molecular weight excluding hydrogens is 371 g/mol. The second kappa shape index (κ2) is 6.56. The van der Waals surface area contributed by atoms with Crippen LogP contribution in [0.3, 0.4) is 0 Å². The molecule has 7 nitrogen and oxygen atoms in total. The van der Waals surface area contributed by atoms with Crippen LogP contribution in [0.5, 0.6) is 11.5 Å². The van der Waals surface area contributed by atoms with Gasteiger partial charge in [0, 0.05) is 6.07 Å². The van der Waals surface area contributed by atoms with E-state index in [1.807, 2.05) is 0 Å². The van der Waals surface area contributed by atoms with Gasteiger partial charge in [-0.25, -0.2) is 4.79 Å². The van der Waals surface area contributed by atoms with Crippen LogP contribution in [0.15, 0.2) is 12.1 Å². The Kier molecular flexibility index (Phi) is 5.88. The van der Waals surface area contributed by atoms with Gasteiger partial charge in [0.15, 0.2) is 10.7 Å². The summed E-state index contributed by atoms with van der Waals surface area (Å²) in [6.07, 6.45) is -0.640. The molecule has 24 heavy (non-hydrogen) atoms. The molecule has 1 N–H and O–H groups in total. The molecule has 0 spiro atoms. The Morgan fingerprint density at radius 3 is 1.83 bits per heavy atom. The second-order valence-electron chi connectivity index (χ2n) is 3.90. The predicted octanol–water partition coefficient (Wildman–Crippen LogP) is 5.75. The van der Waals surface area contributed by atoms with E-state index in [1.54, 1.807) is 0 Å². The van der Waals surface area contributed by atoms with E-state index < -0.39 is 13.9 Å². The number of nitrogens with zero attached hydrogens (tertiary/aromatic N) is 2. The normalized spacial score (nSPS) is 13.2. The topological polar surface area (TPSA) is 84.9 Å². The SMILES string of the molecule is COC(=O)Nc1cc(OC)c([N+]#N)cc1OC.F[P-](F)(F)(F)(F)F. The van der Waals surface area contributed by atoms with Crippen LogP contribution >= 0.6 is 7.81 Å². The summed E-state index contributed by atoms with van der Waals surface area (Å²) in [6, 6.07) is 2.88. The first kappa shape index (κ1) is 21.5. The van der Waals surface area contributed by atoms with E-state index in [1.165, 1.54) is 33.5 Å². The molecule has 0 unspecified atom stereocenters. The molecule has 0 saturated heterocycles. The van der Waals surface area contributed by atoms with Gasteiger partial charge in [0.05, 0.1) is 33.1 Å². The van der Waals surface area contributed by atoms with Gasteiger partial charge in [-0.3, -0.25) is 5.32 Å². The Morgan fingerprint density at radius 2 is 1.50 bits per heavy atom. The quantitative estimate of drug-likeness (QED) is 0.408. The van der Waals surface area contributed by atoms with Crippen molar-refractivity contribution in [3.63, 3.8) is 0 Å². The van der Waals surface area contributed by atoms with E-state index in [9.17, 15) is 30.0 Å². The van der Waals surface area contributed by atoms with Crippen molar-refractivity contribution in [2.24, 2.45) is 0 Å². The third-order valence-corrected chi connectivity index (χ3v) is 2.03. The molecule has 0 radical (unpaired) electrons. The van der Waals surface area contributed by atoms with Gasteiger partial charge < -0.3 is 14.2 Å². The van der Waals surface area contributed by atoms with E-state index in [2.05, 4.69) is 15.0 Å². The Balaban J connectivity index is 0.000000640. The van der Waals surface area contributed by atoms with Crippen LogP contribution in [0.25, 0.3) is 4.98 Å². The fourth-order valence-electron chi connectivity index (χ4n) is 1.22. The standard InChI is InChI=1S/C10H11N3O4.F6P/c1-15-8-5-7(13-11)9(16-2)4-6(8)12-10(14)17-3;1-7(2,3,4,5)6/h4-5H,1-3H3;/q;-1/p+1. The molecule has 1 amide bonds. The zero-order valence-corrected chi connectivity index (χ0v) is 13.3. The number of anilines is 1. The summed E-state index contributed by atoms with van der Waals surface area (Å²) >= 11 is 0. The number of hydrogen-bond acceptors (Lipinski definition) is 5. The van der Waals surface area contributed by atoms with E-state index in [0.29, 0.717) is 17.2 Å². The third kappa shape index (κ3) is 10.3. The molecule has 14 heteroatoms. The van der Waals surface area contributed by atoms with Crippen LogP contribution in [-0.4, -0.2) is 27.4 Å². The molecular formula is C10H12F6N3O4P. The Morgan fingerprint density at radius 1 is 1.04 bits per heavy atom. The number of nitrogens with one attached hydrogen (secondary N) is 1. The Hall–Kier alpha value is -2.48. The molecule has 0 aliphatic carbocycles. The summed E-state index contributed by atoms with van der Waals surface area (Å²) < 4.78 is 73.7. The van der Waals surface area contributed by atoms with E-state index in [-0.39, 0.29) is 5.69 Å². The van der Waals surface area contributed by atoms with Crippen LogP contribution in [0, 0.1) is 5.39 Å². The molecule has 0 heterocycles. The third-order valence-electron chi connectivity index (χ3n) is 2.03. The number of ether oxygens (including phenoxy) is 3. The van der Waals surface area contributed by atoms with E-state index in [0.717, 1.165) is 0 Å². The minimum absolute atomic E-state index is 0.194. The van der Waals surface area contributed by atoms with Gasteiger partial charge in [-0.05, 0) is 0 Å². The second-order valence-corrected chi connectivity index (χ2v) is 5.82. The van der Waals surface area contributed by atoms with Crippen molar-refractivity contribution < 1.29 is 44.2 Å². The summed E-state index contributed by atoms with van der Waals surface area (Å²) in [5.41, 5.74) is 0.545. The van der Waals surface area contributed by atoms with Crippen LogP contribution in [0.2, 0.25) is 0 Å². The number of diazo groups is 1. The number of rotatable bonds is 3. The molecule has 1 rings (SSSR count). The van der Waals surface area contributed by atoms with Crippen LogP contribution in [0.1, 0.15) is 0 Å². The van der Waals surface area contributed by atoms with Gasteiger partial charge in [0.1, 0.15) is 0 Å². The summed E-state index contributed by atoms with van der Waals surface area (Å²) in [4.78, 5) is 14.1. The average molecular weight is 383 g/mol. The molecule has 0 aromatic heterocycles. The molecule has 0 atom stereocenters. The van der Waals surface area contributed by atoms with Gasteiger partial charge in [-0.2, -0.15) is 0 Å². The first-order chi connectivity index (χ1) is 10.6. The van der Waals surface area contributed by atoms with Gasteiger partial charge in [-0.1, -0.05) is 0 Å². The number of halogens is 6. The number of carbonyl (C=O) groups excluding carboxylic acids is 1. The fourth-order valence-corrected chi connectivity index (χ4v) is 1.22. The Labute approximate surface area is 131 Å². The first-order valence-corrected chi connectivity index (χ1v) is 7.66. The Bertz CT molecular complexity index is 647. The van der Waals surface area contributed by atoms with Crippen molar-refractivity contribution in [3.05, 3.63) is 17.1 Å². The molecule has 1 aromatic rings. The molecule has 0 saturated carbocycles. The predicted molar refractivity (Wildman–Crippen MR) is 73.9 cm³/mol. The number of hydrogen-bond donors (Lipinski definition) is 1. The zero-order chi connectivity index (χ0) is 19.2. The van der Waals surface area contributed by atoms with Crippen molar-refractivity contribution in [3.8, 4) is 11.5 Å². The zero-order valence-electron chi connectivity index (χ0n) is 12.4. The average Bonchev–Trinajstić information content (AvgIpc) is 2.43. The summed E-state index contributed by atoms with van der Waals surface area (Å²) in [5.74, 6) is 0.615. The van der Waals surface area contributed by atoms with Crippen molar-refractivity contribution in [1.29, 1.82) is 5.39 Å². The maximum atomic E-state index is 11.1. The minimum atomic E-state index is -10.7. The molecule has 1 aromatic carbocycles. The fraction of sp³-hybridized carbons (Fsp3) is 0.300. The van der Waals surface area contributed by atoms with Crippen molar-refractivity contribution in [2.45, 2.75) is 0 Å². The summed E-state index contributed by atoms with van der Waals surface area (Å²) in [5, 5.41) is 11.2. The summed E-state index contributed by atoms with van der Waals surface area (Å²) in [6.45, 7) is 0. The van der Waals surface area contributed by atoms with Crippen molar-refractivity contribution >= 4 is 25.3 Å². The van der Waals surface area contributed by atoms with Gasteiger partial charge in [-0.15, -0.1) is 0 Å². The number of benzene rings is 1. The van der Waals surface area contributed by atoms with Gasteiger partial charge >= 0.3 is 44.8 Å². The number of amides is 1. The van der Waals surface area contributed by atoms with Crippen molar-refractivity contribution in [2.75, 3.05) is 26.6 Å². The summed E-state index contributed by atoms with van der Waals surface area (Å²) in [7, 11) is -6.57. The van der Waals surface area contributed by atoms with Crippen LogP contribution in [-0.2, 0) is 4.74 Å². The van der Waals surface area contributed by atoms with Crippen LogP contribution in [0.4, 0.5) is 41.4 Å². The molecule has 0 aliphatic rings. The van der Waals surface area contributed by atoms with Crippen molar-refractivity contribution in [1.82, 2.24) is 0 Å². The number of carbonyl (C=O) groups is 1. The van der Waals surface area contributed by atoms with Crippen LogP contribution < -0.4 is 14.8 Å². The molecule has 0 aliphatic heterocycles. The maximum absolute atomic E-state index is 11.1. The number of methoxy groups -OCH3 is 3. The molecule has 0 bridgehead atoms. The molecule has 138 valence electrons.